The van der Waals surface area contributed by atoms with Crippen LogP contribution in [0, 0.1) is 0 Å². The minimum atomic E-state index is -0.330. The number of nitrogens with one attached hydrogen (secondary N) is 1. The first kappa shape index (κ1) is 17.7. The maximum Gasteiger partial charge on any atom is 0.249 e. The summed E-state index contributed by atoms with van der Waals surface area (Å²) in [7, 11) is 0. The molecule has 1 aliphatic heterocycles. The van der Waals surface area contributed by atoms with Gasteiger partial charge < -0.3 is 10.2 Å². The number of rotatable bonds is 3. The number of hydrogen-bond donors (Lipinski definition) is 1. The largest absolute Gasteiger partial charge is 0.357 e. The second kappa shape index (κ2) is 6.49. The molecule has 1 N–H and O–H groups in total. The Balaban J connectivity index is 1.57. The molecule has 140 valence electrons. The fraction of sp³-hybridized carbons (Fsp3) is 0.368. The molecule has 1 fully saturated rings. The first-order chi connectivity index (χ1) is 12.8. The number of amides is 1. The average Bonchev–Trinajstić information content (AvgIpc) is 3.19. The Kier molecular flexibility index (Phi) is 4.26. The second-order valence-electron chi connectivity index (χ2n) is 7.72. The number of fused-ring (bicyclic) bond motifs is 1. The lowest BCUT2D eigenvalue weighted by Gasteiger charge is -2.18. The zero-order valence-electron chi connectivity index (χ0n) is 15.5. The van der Waals surface area contributed by atoms with E-state index >= 15 is 0 Å². The van der Waals surface area contributed by atoms with Gasteiger partial charge in [0.2, 0.25) is 5.91 Å². The number of anilines is 2. The lowest BCUT2D eigenvalue weighted by Crippen LogP contribution is -2.33. The molecule has 2 aromatic heterocycles. The van der Waals surface area contributed by atoms with E-state index in [1.807, 2.05) is 24.3 Å². The maximum absolute atomic E-state index is 12.8. The van der Waals surface area contributed by atoms with Gasteiger partial charge in [-0.1, -0.05) is 38.4 Å². The first-order valence-electron chi connectivity index (χ1n) is 8.89. The van der Waals surface area contributed by atoms with E-state index in [9.17, 15) is 4.79 Å². The second-order valence-corrected chi connectivity index (χ2v) is 8.15. The predicted molar refractivity (Wildman–Crippen MR) is 105 cm³/mol. The van der Waals surface area contributed by atoms with E-state index in [1.54, 1.807) is 21.5 Å². The van der Waals surface area contributed by atoms with E-state index in [2.05, 4.69) is 41.4 Å². The Morgan fingerprint density at radius 2 is 2.00 bits per heavy atom. The third-order valence-corrected chi connectivity index (χ3v) is 4.82. The van der Waals surface area contributed by atoms with Gasteiger partial charge in [0, 0.05) is 22.7 Å². The molecule has 0 saturated carbocycles. The Bertz CT molecular complexity index is 1010. The molecule has 27 heavy (non-hydrogen) atoms. The van der Waals surface area contributed by atoms with Crippen LogP contribution in [0.4, 0.5) is 11.5 Å². The van der Waals surface area contributed by atoms with Crippen molar-refractivity contribution >= 4 is 34.7 Å². The molecule has 1 aromatic carbocycles. The van der Waals surface area contributed by atoms with Crippen LogP contribution in [0.1, 0.15) is 33.0 Å². The predicted octanol–water partition coefficient (Wildman–Crippen LogP) is 3.29. The van der Waals surface area contributed by atoms with Crippen LogP contribution in [0.2, 0.25) is 5.02 Å². The average molecular weight is 385 g/mol. The summed E-state index contributed by atoms with van der Waals surface area (Å²) in [5.74, 6) is 1.41. The highest BCUT2D eigenvalue weighted by Crippen LogP contribution is 2.26. The van der Waals surface area contributed by atoms with Crippen molar-refractivity contribution in [2.45, 2.75) is 38.6 Å². The van der Waals surface area contributed by atoms with Gasteiger partial charge in [-0.3, -0.25) is 4.79 Å². The third kappa shape index (κ3) is 3.35. The van der Waals surface area contributed by atoms with Gasteiger partial charge >= 0.3 is 0 Å². The molecular weight excluding hydrogens is 364 g/mol. The number of benzene rings is 1. The standard InChI is InChI=1S/C19H21ClN6O/c1-19(2,3)18-23-22-16-8-7-15(24-26(16)18)21-14-9-10-25(17(14)27)13-6-4-5-12(20)11-13/h4-8,11,14H,9-10H2,1-3H3,(H,21,24). The summed E-state index contributed by atoms with van der Waals surface area (Å²) in [6, 6.07) is 10.7. The van der Waals surface area contributed by atoms with E-state index < -0.39 is 0 Å². The Labute approximate surface area is 162 Å². The van der Waals surface area contributed by atoms with Gasteiger partial charge in [0.1, 0.15) is 11.9 Å². The fourth-order valence-electron chi connectivity index (χ4n) is 3.23. The molecule has 0 bridgehead atoms. The highest BCUT2D eigenvalue weighted by Gasteiger charge is 2.33. The zero-order valence-corrected chi connectivity index (χ0v) is 16.2. The Morgan fingerprint density at radius 1 is 1.19 bits per heavy atom. The highest BCUT2D eigenvalue weighted by molar-refractivity contribution is 6.31. The normalized spacial score (nSPS) is 17.7. The lowest BCUT2D eigenvalue weighted by molar-refractivity contribution is -0.117. The zero-order chi connectivity index (χ0) is 19.2. The number of carbonyl (C=O) groups excluding carboxylic acids is 1. The van der Waals surface area contributed by atoms with E-state index in [-0.39, 0.29) is 17.4 Å². The molecule has 1 unspecified atom stereocenters. The van der Waals surface area contributed by atoms with E-state index in [4.69, 9.17) is 11.6 Å². The molecule has 1 aliphatic rings. The molecule has 3 aromatic rings. The van der Waals surface area contributed by atoms with Crippen LogP contribution in [0.15, 0.2) is 36.4 Å². The van der Waals surface area contributed by atoms with Gasteiger partial charge in [0.15, 0.2) is 11.5 Å². The molecule has 1 saturated heterocycles. The van der Waals surface area contributed by atoms with Crippen molar-refractivity contribution < 1.29 is 4.79 Å². The molecule has 0 spiro atoms. The SMILES string of the molecule is CC(C)(C)c1nnc2ccc(NC3CCN(c4cccc(Cl)c4)C3=O)nn12. The molecule has 1 atom stereocenters. The van der Waals surface area contributed by atoms with Crippen LogP contribution in [0.3, 0.4) is 0 Å². The number of nitrogens with zero attached hydrogens (tertiary/aromatic N) is 5. The Hall–Kier alpha value is -2.67. The lowest BCUT2D eigenvalue weighted by atomic mass is 9.96. The third-order valence-electron chi connectivity index (χ3n) is 4.58. The number of aromatic nitrogens is 4. The van der Waals surface area contributed by atoms with Crippen LogP contribution in [0.25, 0.3) is 5.65 Å². The van der Waals surface area contributed by atoms with Crippen LogP contribution in [0.5, 0.6) is 0 Å². The molecule has 0 aliphatic carbocycles. The summed E-state index contributed by atoms with van der Waals surface area (Å²) in [5.41, 5.74) is 1.32. The minimum absolute atomic E-state index is 0.0129. The van der Waals surface area contributed by atoms with E-state index in [0.717, 1.165) is 11.5 Å². The molecule has 3 heterocycles. The van der Waals surface area contributed by atoms with Gasteiger partial charge in [-0.15, -0.1) is 15.3 Å². The highest BCUT2D eigenvalue weighted by atomic mass is 35.5. The van der Waals surface area contributed by atoms with E-state index in [0.29, 0.717) is 29.5 Å². The molecule has 1 amide bonds. The van der Waals surface area contributed by atoms with Crippen molar-refractivity contribution in [3.05, 3.63) is 47.2 Å². The van der Waals surface area contributed by atoms with Crippen LogP contribution in [-0.4, -0.2) is 38.3 Å². The summed E-state index contributed by atoms with van der Waals surface area (Å²) in [6.45, 7) is 6.83. The van der Waals surface area contributed by atoms with Gasteiger partial charge in [0.25, 0.3) is 0 Å². The topological polar surface area (TPSA) is 75.4 Å². The number of hydrogen-bond acceptors (Lipinski definition) is 5. The summed E-state index contributed by atoms with van der Waals surface area (Å²) in [4.78, 5) is 14.6. The van der Waals surface area contributed by atoms with Crippen molar-refractivity contribution in [3.63, 3.8) is 0 Å². The molecule has 4 rings (SSSR count). The van der Waals surface area contributed by atoms with Crippen molar-refractivity contribution in [1.29, 1.82) is 0 Å². The smallest absolute Gasteiger partial charge is 0.249 e. The quantitative estimate of drug-likeness (QED) is 0.749. The van der Waals surface area contributed by atoms with E-state index in [1.165, 1.54) is 0 Å². The van der Waals surface area contributed by atoms with Crippen LogP contribution >= 0.6 is 11.6 Å². The van der Waals surface area contributed by atoms with Gasteiger partial charge in [0.05, 0.1) is 0 Å². The molecule has 7 nitrogen and oxygen atoms in total. The molecular formula is C19H21ClN6O. The van der Waals surface area contributed by atoms with Crippen LogP contribution in [-0.2, 0) is 10.2 Å². The van der Waals surface area contributed by atoms with Gasteiger partial charge in [-0.25, -0.2) is 0 Å². The first-order valence-corrected chi connectivity index (χ1v) is 9.27. The summed E-state index contributed by atoms with van der Waals surface area (Å²) in [5, 5.41) is 16.9. The monoisotopic (exact) mass is 384 g/mol. The van der Waals surface area contributed by atoms with Crippen molar-refractivity contribution in [2.75, 3.05) is 16.8 Å². The van der Waals surface area contributed by atoms with Crippen molar-refractivity contribution in [1.82, 2.24) is 19.8 Å². The molecule has 8 heteroatoms. The van der Waals surface area contributed by atoms with Gasteiger partial charge in [-0.05, 0) is 36.8 Å². The summed E-state index contributed by atoms with van der Waals surface area (Å²) >= 11 is 6.06. The van der Waals surface area contributed by atoms with Gasteiger partial charge in [-0.2, -0.15) is 4.52 Å². The summed E-state index contributed by atoms with van der Waals surface area (Å²) in [6.07, 6.45) is 0.694. The van der Waals surface area contributed by atoms with Crippen molar-refractivity contribution in [3.8, 4) is 0 Å². The Morgan fingerprint density at radius 3 is 2.74 bits per heavy atom. The number of carbonyl (C=O) groups is 1. The fourth-order valence-corrected chi connectivity index (χ4v) is 3.41. The van der Waals surface area contributed by atoms with Crippen molar-refractivity contribution in [2.24, 2.45) is 0 Å². The minimum Gasteiger partial charge on any atom is -0.357 e. The molecule has 0 radical (unpaired) electrons. The number of halogens is 1. The maximum atomic E-state index is 12.8. The van der Waals surface area contributed by atoms with Crippen LogP contribution < -0.4 is 10.2 Å². The summed E-state index contributed by atoms with van der Waals surface area (Å²) < 4.78 is 1.73.